The van der Waals surface area contributed by atoms with Crippen LogP contribution in [0.3, 0.4) is 0 Å². The molecule has 1 amide bonds. The fourth-order valence-corrected chi connectivity index (χ4v) is 2.68. The van der Waals surface area contributed by atoms with Gasteiger partial charge >= 0.3 is 0 Å². The van der Waals surface area contributed by atoms with Crippen LogP contribution in [0.2, 0.25) is 0 Å². The first-order valence-corrected chi connectivity index (χ1v) is 8.09. The van der Waals surface area contributed by atoms with E-state index < -0.39 is 0 Å². The molecule has 3 rings (SSSR count). The zero-order valence-corrected chi connectivity index (χ0v) is 14.1. The molecule has 1 aliphatic rings. The first kappa shape index (κ1) is 16.2. The van der Waals surface area contributed by atoms with Crippen LogP contribution in [-0.2, 0) is 11.8 Å². The van der Waals surface area contributed by atoms with Gasteiger partial charge in [-0.15, -0.1) is 0 Å². The van der Waals surface area contributed by atoms with Gasteiger partial charge in [-0.05, 0) is 26.7 Å². The van der Waals surface area contributed by atoms with Crippen molar-refractivity contribution in [3.63, 3.8) is 0 Å². The molecule has 8 nitrogen and oxygen atoms in total. The molecule has 0 aromatic carbocycles. The van der Waals surface area contributed by atoms with E-state index >= 15 is 0 Å². The van der Waals surface area contributed by atoms with Crippen LogP contribution < -0.4 is 15.0 Å². The van der Waals surface area contributed by atoms with Gasteiger partial charge in [0.05, 0.1) is 18.5 Å². The molecule has 0 radical (unpaired) electrons. The highest BCUT2D eigenvalue weighted by atomic mass is 16.5. The maximum Gasteiger partial charge on any atom is 0.250 e. The van der Waals surface area contributed by atoms with Crippen molar-refractivity contribution in [2.75, 3.05) is 16.8 Å². The summed E-state index contributed by atoms with van der Waals surface area (Å²) < 4.78 is 7.23. The molecule has 1 atom stereocenters. The van der Waals surface area contributed by atoms with Crippen LogP contribution in [0.5, 0.6) is 5.88 Å². The van der Waals surface area contributed by atoms with E-state index in [-0.39, 0.29) is 18.1 Å². The maximum atomic E-state index is 12.7. The minimum atomic E-state index is -0.343. The molecule has 8 heteroatoms. The second kappa shape index (κ2) is 6.86. The molecular formula is C16H22N6O2. The number of hydrogen-bond acceptors (Lipinski definition) is 6. The fourth-order valence-electron chi connectivity index (χ4n) is 2.68. The lowest BCUT2D eigenvalue weighted by Crippen LogP contribution is -2.48. The lowest BCUT2D eigenvalue weighted by atomic mass is 10.0. The van der Waals surface area contributed by atoms with E-state index in [9.17, 15) is 4.79 Å². The average Bonchev–Trinajstić information content (AvgIpc) is 2.95. The van der Waals surface area contributed by atoms with Gasteiger partial charge in [-0.3, -0.25) is 19.4 Å². The molecule has 24 heavy (non-hydrogen) atoms. The lowest BCUT2D eigenvalue weighted by molar-refractivity contribution is -0.120. The van der Waals surface area contributed by atoms with E-state index in [0.29, 0.717) is 24.1 Å². The standard InChI is InChI=1S/C16H22N6O2/c1-11(2)24-15-10-17-9-13(19-15)18-12-5-4-7-22(16(12)23)14-6-8-21(3)20-14/h6,8-12H,4-5,7H2,1-3H3,(H,18,19). The number of aryl methyl sites for hydroxylation is 1. The summed E-state index contributed by atoms with van der Waals surface area (Å²) in [6.45, 7) is 4.53. The van der Waals surface area contributed by atoms with Gasteiger partial charge in [-0.25, -0.2) is 0 Å². The van der Waals surface area contributed by atoms with Gasteiger partial charge in [0.1, 0.15) is 11.9 Å². The van der Waals surface area contributed by atoms with Crippen molar-refractivity contribution in [2.45, 2.75) is 38.8 Å². The Morgan fingerprint density at radius 2 is 2.21 bits per heavy atom. The smallest absolute Gasteiger partial charge is 0.250 e. The Hall–Kier alpha value is -2.64. The van der Waals surface area contributed by atoms with Crippen molar-refractivity contribution < 1.29 is 9.53 Å². The molecule has 2 aromatic rings. The van der Waals surface area contributed by atoms with E-state index in [4.69, 9.17) is 4.74 Å². The second-order valence-corrected chi connectivity index (χ2v) is 6.09. The summed E-state index contributed by atoms with van der Waals surface area (Å²) in [4.78, 5) is 22.9. The van der Waals surface area contributed by atoms with Gasteiger partial charge < -0.3 is 10.1 Å². The van der Waals surface area contributed by atoms with Gasteiger partial charge in [0.25, 0.3) is 5.91 Å². The zero-order chi connectivity index (χ0) is 17.1. The summed E-state index contributed by atoms with van der Waals surface area (Å²) in [6, 6.07) is 1.50. The number of amides is 1. The van der Waals surface area contributed by atoms with Crippen LogP contribution in [0.25, 0.3) is 0 Å². The predicted molar refractivity (Wildman–Crippen MR) is 90.0 cm³/mol. The highest BCUT2D eigenvalue weighted by Gasteiger charge is 2.31. The average molecular weight is 330 g/mol. The van der Waals surface area contributed by atoms with Crippen molar-refractivity contribution in [2.24, 2.45) is 7.05 Å². The minimum Gasteiger partial charge on any atom is -0.474 e. The molecule has 0 bridgehead atoms. The normalized spacial score (nSPS) is 18.1. The van der Waals surface area contributed by atoms with Crippen LogP contribution >= 0.6 is 0 Å². The van der Waals surface area contributed by atoms with Gasteiger partial charge in [-0.2, -0.15) is 10.1 Å². The molecule has 1 fully saturated rings. The van der Waals surface area contributed by atoms with Crippen molar-refractivity contribution in [3.05, 3.63) is 24.7 Å². The number of rotatable bonds is 5. The first-order valence-electron chi connectivity index (χ1n) is 8.09. The summed E-state index contributed by atoms with van der Waals surface area (Å²) in [5, 5.41) is 7.49. The number of aromatic nitrogens is 4. The molecule has 3 heterocycles. The number of carbonyl (C=O) groups excluding carboxylic acids is 1. The van der Waals surface area contributed by atoms with E-state index in [2.05, 4.69) is 20.4 Å². The number of hydrogen-bond donors (Lipinski definition) is 1. The molecule has 0 spiro atoms. The zero-order valence-electron chi connectivity index (χ0n) is 14.1. The summed E-state index contributed by atoms with van der Waals surface area (Å²) in [5.41, 5.74) is 0. The summed E-state index contributed by atoms with van der Waals surface area (Å²) in [6.07, 6.45) is 6.66. The Morgan fingerprint density at radius 3 is 2.92 bits per heavy atom. The number of nitrogens with zero attached hydrogens (tertiary/aromatic N) is 5. The number of piperidine rings is 1. The number of carbonyl (C=O) groups is 1. The molecule has 0 saturated carbocycles. The topological polar surface area (TPSA) is 85.2 Å². The van der Waals surface area contributed by atoms with Crippen molar-refractivity contribution >= 4 is 17.5 Å². The first-order chi connectivity index (χ1) is 11.5. The van der Waals surface area contributed by atoms with E-state index in [1.54, 1.807) is 22.0 Å². The highest BCUT2D eigenvalue weighted by Crippen LogP contribution is 2.21. The Morgan fingerprint density at radius 1 is 1.38 bits per heavy atom. The lowest BCUT2D eigenvalue weighted by Gasteiger charge is -2.31. The summed E-state index contributed by atoms with van der Waals surface area (Å²) in [7, 11) is 1.84. The molecule has 128 valence electrons. The number of anilines is 2. The van der Waals surface area contributed by atoms with Gasteiger partial charge in [0.15, 0.2) is 5.82 Å². The molecule has 0 aliphatic carbocycles. The third-order valence-electron chi connectivity index (χ3n) is 3.71. The van der Waals surface area contributed by atoms with Crippen LogP contribution in [-0.4, -0.2) is 44.3 Å². The maximum absolute atomic E-state index is 12.7. The van der Waals surface area contributed by atoms with Gasteiger partial charge in [0, 0.05) is 25.9 Å². The SMILES string of the molecule is CC(C)Oc1cncc(NC2CCCN(c3ccn(C)n3)C2=O)n1. The molecule has 1 saturated heterocycles. The molecule has 1 aliphatic heterocycles. The monoisotopic (exact) mass is 330 g/mol. The van der Waals surface area contributed by atoms with Crippen molar-refractivity contribution in [3.8, 4) is 5.88 Å². The quantitative estimate of drug-likeness (QED) is 0.896. The Bertz CT molecular complexity index is 714. The fraction of sp³-hybridized carbons (Fsp3) is 0.500. The van der Waals surface area contributed by atoms with E-state index in [0.717, 1.165) is 12.8 Å². The highest BCUT2D eigenvalue weighted by molar-refractivity contribution is 5.98. The number of ether oxygens (including phenoxy) is 1. The number of nitrogens with one attached hydrogen (secondary N) is 1. The van der Waals surface area contributed by atoms with Gasteiger partial charge in [-0.1, -0.05) is 0 Å². The second-order valence-electron chi connectivity index (χ2n) is 6.09. The van der Waals surface area contributed by atoms with Crippen molar-refractivity contribution in [1.29, 1.82) is 0 Å². The summed E-state index contributed by atoms with van der Waals surface area (Å²) >= 11 is 0. The largest absolute Gasteiger partial charge is 0.474 e. The van der Waals surface area contributed by atoms with E-state index in [1.807, 2.05) is 33.2 Å². The molecule has 1 N–H and O–H groups in total. The molecular weight excluding hydrogens is 308 g/mol. The van der Waals surface area contributed by atoms with Crippen LogP contribution in [0.1, 0.15) is 26.7 Å². The minimum absolute atomic E-state index is 0.00284. The Balaban J connectivity index is 1.71. The third-order valence-corrected chi connectivity index (χ3v) is 3.71. The van der Waals surface area contributed by atoms with Gasteiger partial charge in [0.2, 0.25) is 5.88 Å². The third kappa shape index (κ3) is 3.64. The van der Waals surface area contributed by atoms with Crippen LogP contribution in [0.15, 0.2) is 24.7 Å². The van der Waals surface area contributed by atoms with E-state index in [1.165, 1.54) is 0 Å². The Labute approximate surface area is 140 Å². The summed E-state index contributed by atoms with van der Waals surface area (Å²) in [5.74, 6) is 1.66. The van der Waals surface area contributed by atoms with Crippen molar-refractivity contribution in [1.82, 2.24) is 19.7 Å². The molecule has 1 unspecified atom stereocenters. The molecule has 2 aromatic heterocycles. The predicted octanol–water partition coefficient (Wildman–Crippen LogP) is 1.60. The van der Waals surface area contributed by atoms with Crippen LogP contribution in [0.4, 0.5) is 11.6 Å². The van der Waals surface area contributed by atoms with Crippen LogP contribution in [0, 0.1) is 0 Å². The Kier molecular flexibility index (Phi) is 4.64.